The second-order valence-electron chi connectivity index (χ2n) is 3.68. The minimum Gasteiger partial charge on any atom is -0.199 e. The fourth-order valence-corrected chi connectivity index (χ4v) is 3.05. The molecule has 0 aliphatic heterocycles. The fraction of sp³-hybridized carbons (Fsp3) is 0.625. The first kappa shape index (κ1) is 17.2. The van der Waals surface area contributed by atoms with Crippen LogP contribution in [0.25, 0.3) is 0 Å². The molecule has 2 atom stereocenters. The highest BCUT2D eigenvalue weighted by Gasteiger charge is 2.77. The van der Waals surface area contributed by atoms with E-state index in [0.717, 1.165) is 0 Å². The van der Waals surface area contributed by atoms with Gasteiger partial charge in [0.1, 0.15) is 0 Å². The zero-order valence-electron chi connectivity index (χ0n) is 8.47. The van der Waals surface area contributed by atoms with Crippen LogP contribution in [-0.2, 0) is 0 Å². The van der Waals surface area contributed by atoms with Crippen molar-refractivity contribution < 1.29 is 30.7 Å². The van der Waals surface area contributed by atoms with Crippen LogP contribution >= 0.6 is 49.3 Å². The van der Waals surface area contributed by atoms with Crippen molar-refractivity contribution in [2.24, 2.45) is 5.92 Å². The van der Waals surface area contributed by atoms with E-state index >= 15 is 0 Å². The molecule has 11 heteroatoms. The van der Waals surface area contributed by atoms with Crippen molar-refractivity contribution in [1.29, 1.82) is 0 Å². The molecule has 108 valence electrons. The van der Waals surface area contributed by atoms with E-state index in [4.69, 9.17) is 0 Å². The van der Waals surface area contributed by atoms with Gasteiger partial charge in [0.15, 0.2) is 0 Å². The first-order valence-corrected chi connectivity index (χ1v) is 6.13. The maximum Gasteiger partial charge on any atom is 0.459 e. The van der Waals surface area contributed by atoms with Gasteiger partial charge in [-0.05, 0) is 0 Å². The van der Waals surface area contributed by atoms with E-state index in [0.29, 0.717) is 0 Å². The maximum atomic E-state index is 13.5. The highest BCUT2D eigenvalue weighted by atomic mass is 32.1. The number of thiocarbonyl (C=S) groups is 3. The molecule has 0 radical (unpaired) electrons. The molecule has 2 unspecified atom stereocenters. The van der Waals surface area contributed by atoms with Crippen LogP contribution < -0.4 is 0 Å². The van der Waals surface area contributed by atoms with Crippen LogP contribution in [0.1, 0.15) is 0 Å². The number of thiol groups is 1. The smallest absolute Gasteiger partial charge is 0.199 e. The molecule has 1 saturated carbocycles. The van der Waals surface area contributed by atoms with Gasteiger partial charge < -0.3 is 0 Å². The van der Waals surface area contributed by atoms with E-state index in [-0.39, 0.29) is 0 Å². The molecular formula is C8H3F7S4. The largest absolute Gasteiger partial charge is 0.459 e. The van der Waals surface area contributed by atoms with Gasteiger partial charge in [-0.3, -0.25) is 0 Å². The molecule has 0 aromatic carbocycles. The molecule has 0 heterocycles. The molecule has 0 spiro atoms. The van der Waals surface area contributed by atoms with Gasteiger partial charge in [0, 0.05) is 9.73 Å². The van der Waals surface area contributed by atoms with Gasteiger partial charge in [0.2, 0.25) is 0 Å². The van der Waals surface area contributed by atoms with Gasteiger partial charge >= 0.3 is 18.0 Å². The van der Waals surface area contributed by atoms with Crippen molar-refractivity contribution in [3.05, 3.63) is 0 Å². The standard InChI is InChI=1S/C8H3F7S4/c9-6(10,7(11,12)8(13,14)15)1-2(16)4(18)5(19)3(1)17/h1-2,16H. The van der Waals surface area contributed by atoms with Crippen molar-refractivity contribution in [3.63, 3.8) is 0 Å². The average molecular weight is 360 g/mol. The van der Waals surface area contributed by atoms with Crippen LogP contribution in [-0.4, -0.2) is 37.9 Å². The molecule has 1 fully saturated rings. The maximum absolute atomic E-state index is 13.5. The van der Waals surface area contributed by atoms with Crippen LogP contribution in [0.3, 0.4) is 0 Å². The van der Waals surface area contributed by atoms with Crippen molar-refractivity contribution >= 4 is 63.9 Å². The first-order chi connectivity index (χ1) is 8.26. The lowest BCUT2D eigenvalue weighted by Crippen LogP contribution is -2.58. The van der Waals surface area contributed by atoms with Crippen LogP contribution in [0, 0.1) is 5.92 Å². The van der Waals surface area contributed by atoms with E-state index in [1.807, 2.05) is 0 Å². The van der Waals surface area contributed by atoms with E-state index in [9.17, 15) is 30.7 Å². The monoisotopic (exact) mass is 360 g/mol. The lowest BCUT2D eigenvalue weighted by atomic mass is 9.93. The third-order valence-corrected chi connectivity index (χ3v) is 4.83. The molecular weight excluding hydrogens is 357 g/mol. The third kappa shape index (κ3) is 2.42. The van der Waals surface area contributed by atoms with Crippen molar-refractivity contribution in [2.45, 2.75) is 23.3 Å². The molecule has 0 aromatic heterocycles. The summed E-state index contributed by atoms with van der Waals surface area (Å²) in [6, 6.07) is 0. The van der Waals surface area contributed by atoms with E-state index < -0.39 is 43.8 Å². The highest BCUT2D eigenvalue weighted by molar-refractivity contribution is 7.97. The Morgan fingerprint density at radius 2 is 1.26 bits per heavy atom. The zero-order valence-corrected chi connectivity index (χ0v) is 11.8. The Morgan fingerprint density at radius 3 is 1.53 bits per heavy atom. The number of hydrogen-bond donors (Lipinski definition) is 1. The molecule has 1 rings (SSSR count). The molecule has 0 saturated heterocycles. The normalized spacial score (nSPS) is 26.2. The van der Waals surface area contributed by atoms with Crippen LogP contribution in [0.15, 0.2) is 0 Å². The van der Waals surface area contributed by atoms with Crippen LogP contribution in [0.5, 0.6) is 0 Å². The SMILES string of the molecule is FC(F)(F)C(F)(F)C(F)(F)C1C(=S)C(=S)C(=S)C1S. The second-order valence-corrected chi connectivity index (χ2v) is 5.52. The van der Waals surface area contributed by atoms with Crippen molar-refractivity contribution in [2.75, 3.05) is 0 Å². The predicted molar refractivity (Wildman–Crippen MR) is 70.0 cm³/mol. The first-order valence-electron chi connectivity index (χ1n) is 4.39. The van der Waals surface area contributed by atoms with Gasteiger partial charge in [-0.2, -0.15) is 43.4 Å². The molecule has 1 aliphatic carbocycles. The molecule has 0 amide bonds. The molecule has 19 heavy (non-hydrogen) atoms. The van der Waals surface area contributed by atoms with Gasteiger partial charge in [-0.25, -0.2) is 0 Å². The number of alkyl halides is 7. The summed E-state index contributed by atoms with van der Waals surface area (Å²) < 4.78 is 89.1. The highest BCUT2D eigenvalue weighted by Crippen LogP contribution is 2.53. The molecule has 0 N–H and O–H groups in total. The Hall–Kier alpha value is 0.130. The molecule has 1 aliphatic rings. The van der Waals surface area contributed by atoms with Crippen LogP contribution in [0.4, 0.5) is 30.7 Å². The zero-order chi connectivity index (χ0) is 15.4. The van der Waals surface area contributed by atoms with E-state index in [1.165, 1.54) is 0 Å². The topological polar surface area (TPSA) is 0 Å². The second kappa shape index (κ2) is 4.85. The lowest BCUT2D eigenvalue weighted by molar-refractivity contribution is -0.360. The van der Waals surface area contributed by atoms with Gasteiger partial charge in [-0.1, -0.05) is 36.7 Å². The summed E-state index contributed by atoms with van der Waals surface area (Å²) in [7, 11) is 0. The van der Waals surface area contributed by atoms with Crippen LogP contribution in [0.2, 0.25) is 0 Å². The van der Waals surface area contributed by atoms with Crippen molar-refractivity contribution in [3.8, 4) is 0 Å². The average Bonchev–Trinajstić information content (AvgIpc) is 2.41. The van der Waals surface area contributed by atoms with E-state index in [1.54, 1.807) is 0 Å². The van der Waals surface area contributed by atoms with Gasteiger partial charge in [0.25, 0.3) is 0 Å². The van der Waals surface area contributed by atoms with Gasteiger partial charge in [-0.15, -0.1) is 0 Å². The molecule has 0 aromatic rings. The minimum absolute atomic E-state index is 0.425. The van der Waals surface area contributed by atoms with E-state index in [2.05, 4.69) is 49.3 Å². The van der Waals surface area contributed by atoms with Crippen molar-refractivity contribution in [1.82, 2.24) is 0 Å². The Labute approximate surface area is 124 Å². The summed E-state index contributed by atoms with van der Waals surface area (Å²) in [6.45, 7) is 0. The predicted octanol–water partition coefficient (Wildman–Crippen LogP) is 3.86. The summed E-state index contributed by atoms with van der Waals surface area (Å²) in [5.74, 6) is -14.4. The quantitative estimate of drug-likeness (QED) is 0.452. The molecule has 0 nitrogen and oxygen atoms in total. The van der Waals surface area contributed by atoms with Gasteiger partial charge in [0.05, 0.1) is 16.0 Å². The number of halogens is 7. The summed E-state index contributed by atoms with van der Waals surface area (Å²) in [4.78, 5) is -1.81. The number of hydrogen-bond acceptors (Lipinski definition) is 4. The third-order valence-electron chi connectivity index (χ3n) is 2.48. The lowest BCUT2D eigenvalue weighted by Gasteiger charge is -2.33. The summed E-state index contributed by atoms with van der Waals surface area (Å²) >= 11 is 17.0. The minimum atomic E-state index is -6.43. The summed E-state index contributed by atoms with van der Waals surface area (Å²) in [6.07, 6.45) is -6.43. The summed E-state index contributed by atoms with van der Waals surface area (Å²) in [5.41, 5.74) is 0. The number of rotatable bonds is 2. The Bertz CT molecular complexity index is 453. The Balaban J connectivity index is 3.33. The Kier molecular flexibility index (Phi) is 4.38. The Morgan fingerprint density at radius 1 is 0.842 bits per heavy atom. The molecule has 0 bridgehead atoms. The fourth-order valence-electron chi connectivity index (χ4n) is 1.44. The summed E-state index contributed by atoms with van der Waals surface area (Å²) in [5, 5.41) is -1.75.